The van der Waals surface area contributed by atoms with Crippen molar-refractivity contribution in [1.29, 1.82) is 0 Å². The second-order valence-corrected chi connectivity index (χ2v) is 10.0. The molecule has 1 fully saturated rings. The quantitative estimate of drug-likeness (QED) is 0.635. The molecule has 3 amide bonds. The maximum atomic E-state index is 13.8. The predicted molar refractivity (Wildman–Crippen MR) is 116 cm³/mol. The molecule has 0 spiro atoms. The minimum atomic E-state index is -3.24. The zero-order valence-electron chi connectivity index (χ0n) is 16.5. The number of nitrogens with one attached hydrogen (secondary N) is 1. The van der Waals surface area contributed by atoms with Crippen molar-refractivity contribution in [3.8, 4) is 0 Å². The normalized spacial score (nSPS) is 15.5. The number of amides is 3. The van der Waals surface area contributed by atoms with Crippen LogP contribution in [-0.4, -0.2) is 49.7 Å². The Labute approximate surface area is 183 Å². The summed E-state index contributed by atoms with van der Waals surface area (Å²) in [7, 11) is -3.24. The highest BCUT2D eigenvalue weighted by molar-refractivity contribution is 8.18. The molecule has 1 aliphatic rings. The fourth-order valence-electron chi connectivity index (χ4n) is 2.91. The molecule has 0 unspecified atom stereocenters. The number of halogens is 1. The van der Waals surface area contributed by atoms with E-state index >= 15 is 0 Å². The van der Waals surface area contributed by atoms with Crippen molar-refractivity contribution in [3.05, 3.63) is 75.9 Å². The molecule has 2 aromatic carbocycles. The molecular formula is C21H19FN2O5S2. The van der Waals surface area contributed by atoms with Crippen LogP contribution in [0.2, 0.25) is 0 Å². The average molecular weight is 463 g/mol. The zero-order chi connectivity index (χ0) is 22.6. The van der Waals surface area contributed by atoms with Gasteiger partial charge in [-0.1, -0.05) is 30.3 Å². The monoisotopic (exact) mass is 462 g/mol. The van der Waals surface area contributed by atoms with Gasteiger partial charge in [0.15, 0.2) is 9.84 Å². The SMILES string of the molecule is CS(=O)(=O)Cc1cccc(C(=O)NCCN2C(=O)S/C(=C\c3ccccc3F)C2=O)c1. The Morgan fingerprint density at radius 3 is 2.61 bits per heavy atom. The van der Waals surface area contributed by atoms with E-state index in [1.807, 2.05) is 0 Å². The van der Waals surface area contributed by atoms with E-state index in [4.69, 9.17) is 0 Å². The standard InChI is InChI=1S/C21H19FN2O5S2/c1-31(28,29)13-14-5-4-7-16(11-14)19(25)23-9-10-24-20(26)18(30-21(24)27)12-15-6-2-3-8-17(15)22/h2-8,11-12H,9-10,13H2,1H3,(H,23,25)/b18-12-. The smallest absolute Gasteiger partial charge is 0.293 e. The van der Waals surface area contributed by atoms with Gasteiger partial charge >= 0.3 is 0 Å². The average Bonchev–Trinajstić information content (AvgIpc) is 2.96. The molecule has 0 radical (unpaired) electrons. The predicted octanol–water partition coefficient (Wildman–Crippen LogP) is 2.84. The molecule has 7 nitrogen and oxygen atoms in total. The molecule has 0 aromatic heterocycles. The van der Waals surface area contributed by atoms with Gasteiger partial charge in [0.25, 0.3) is 17.1 Å². The molecule has 2 aromatic rings. The summed E-state index contributed by atoms with van der Waals surface area (Å²) >= 11 is 0.710. The Bertz CT molecular complexity index is 1180. The first-order valence-corrected chi connectivity index (χ1v) is 12.1. The Morgan fingerprint density at radius 1 is 1.16 bits per heavy atom. The van der Waals surface area contributed by atoms with Gasteiger partial charge in [-0.25, -0.2) is 12.8 Å². The molecular weight excluding hydrogens is 443 g/mol. The van der Waals surface area contributed by atoms with Gasteiger partial charge < -0.3 is 5.32 Å². The van der Waals surface area contributed by atoms with E-state index in [-0.39, 0.29) is 34.9 Å². The maximum Gasteiger partial charge on any atom is 0.293 e. The van der Waals surface area contributed by atoms with Crippen molar-refractivity contribution < 1.29 is 27.2 Å². The molecule has 3 rings (SSSR count). The van der Waals surface area contributed by atoms with Crippen molar-refractivity contribution in [1.82, 2.24) is 10.2 Å². The molecule has 1 N–H and O–H groups in total. The molecule has 10 heteroatoms. The van der Waals surface area contributed by atoms with Crippen molar-refractivity contribution in [3.63, 3.8) is 0 Å². The fourth-order valence-corrected chi connectivity index (χ4v) is 4.56. The van der Waals surface area contributed by atoms with Crippen LogP contribution in [0.3, 0.4) is 0 Å². The zero-order valence-corrected chi connectivity index (χ0v) is 18.1. The van der Waals surface area contributed by atoms with E-state index in [0.29, 0.717) is 17.3 Å². The van der Waals surface area contributed by atoms with Crippen LogP contribution in [-0.2, 0) is 20.4 Å². The van der Waals surface area contributed by atoms with Gasteiger partial charge in [0.2, 0.25) is 0 Å². The first-order chi connectivity index (χ1) is 14.6. The summed E-state index contributed by atoms with van der Waals surface area (Å²) in [5, 5.41) is 2.10. The Kier molecular flexibility index (Phi) is 6.91. The number of imide groups is 1. The van der Waals surface area contributed by atoms with E-state index in [2.05, 4.69) is 5.32 Å². The number of thioether (sulfide) groups is 1. The lowest BCUT2D eigenvalue weighted by atomic mass is 10.1. The lowest BCUT2D eigenvalue weighted by molar-refractivity contribution is -0.122. The summed E-state index contributed by atoms with van der Waals surface area (Å²) in [5.74, 6) is -1.69. The molecule has 0 atom stereocenters. The van der Waals surface area contributed by atoms with Gasteiger partial charge in [-0.05, 0) is 41.6 Å². The van der Waals surface area contributed by atoms with Gasteiger partial charge in [0, 0.05) is 30.5 Å². The van der Waals surface area contributed by atoms with Crippen molar-refractivity contribution in [2.45, 2.75) is 5.75 Å². The van der Waals surface area contributed by atoms with E-state index in [1.165, 1.54) is 30.3 Å². The molecule has 1 heterocycles. The van der Waals surface area contributed by atoms with Crippen LogP contribution in [0, 0.1) is 5.82 Å². The highest BCUT2D eigenvalue weighted by atomic mass is 32.2. The summed E-state index contributed by atoms with van der Waals surface area (Å²) in [6.07, 6.45) is 2.43. The first-order valence-electron chi connectivity index (χ1n) is 9.19. The van der Waals surface area contributed by atoms with Crippen molar-refractivity contribution in [2.75, 3.05) is 19.3 Å². The lowest BCUT2D eigenvalue weighted by Gasteiger charge is -2.13. The second kappa shape index (κ2) is 9.44. The molecule has 0 saturated carbocycles. The van der Waals surface area contributed by atoms with Crippen molar-refractivity contribution >= 4 is 44.7 Å². The van der Waals surface area contributed by atoms with Crippen LogP contribution in [0.25, 0.3) is 6.08 Å². The van der Waals surface area contributed by atoms with E-state index < -0.39 is 32.7 Å². The number of sulfone groups is 1. The van der Waals surface area contributed by atoms with E-state index in [1.54, 1.807) is 24.3 Å². The number of hydrogen-bond donors (Lipinski definition) is 1. The number of carbonyl (C=O) groups excluding carboxylic acids is 3. The summed E-state index contributed by atoms with van der Waals surface area (Å²) in [5.41, 5.74) is 0.962. The highest BCUT2D eigenvalue weighted by Crippen LogP contribution is 2.32. The summed E-state index contributed by atoms with van der Waals surface area (Å²) in [6.45, 7) is -0.0335. The largest absolute Gasteiger partial charge is 0.350 e. The second-order valence-electron chi connectivity index (χ2n) is 6.88. The minimum absolute atomic E-state index is 0.0140. The fraction of sp³-hybridized carbons (Fsp3) is 0.190. The number of nitrogens with zero attached hydrogens (tertiary/aromatic N) is 1. The van der Waals surface area contributed by atoms with Crippen molar-refractivity contribution in [2.24, 2.45) is 0 Å². The highest BCUT2D eigenvalue weighted by Gasteiger charge is 2.34. The lowest BCUT2D eigenvalue weighted by Crippen LogP contribution is -2.37. The van der Waals surface area contributed by atoms with Crippen LogP contribution >= 0.6 is 11.8 Å². The van der Waals surface area contributed by atoms with Gasteiger partial charge in [-0.15, -0.1) is 0 Å². The molecule has 0 bridgehead atoms. The molecule has 31 heavy (non-hydrogen) atoms. The molecule has 162 valence electrons. The van der Waals surface area contributed by atoms with Crippen LogP contribution in [0.1, 0.15) is 21.5 Å². The Balaban J connectivity index is 1.60. The van der Waals surface area contributed by atoms with Gasteiger partial charge in [0.05, 0.1) is 10.7 Å². The number of hydrogen-bond acceptors (Lipinski definition) is 6. The molecule has 0 aliphatic carbocycles. The Hall–Kier alpha value is -2.98. The van der Waals surface area contributed by atoms with Crippen LogP contribution in [0.5, 0.6) is 0 Å². The topological polar surface area (TPSA) is 101 Å². The number of benzene rings is 2. The number of rotatable bonds is 7. The van der Waals surface area contributed by atoms with Crippen LogP contribution in [0.15, 0.2) is 53.4 Å². The van der Waals surface area contributed by atoms with Gasteiger partial charge in [-0.2, -0.15) is 0 Å². The third kappa shape index (κ3) is 6.02. The number of carbonyl (C=O) groups is 3. The third-order valence-corrected chi connectivity index (χ3v) is 6.07. The van der Waals surface area contributed by atoms with Crippen LogP contribution < -0.4 is 5.32 Å². The summed E-state index contributed by atoms with van der Waals surface area (Å²) in [4.78, 5) is 38.1. The Morgan fingerprint density at radius 2 is 1.90 bits per heavy atom. The van der Waals surface area contributed by atoms with Gasteiger partial charge in [-0.3, -0.25) is 19.3 Å². The third-order valence-electron chi connectivity index (χ3n) is 4.30. The van der Waals surface area contributed by atoms with E-state index in [0.717, 1.165) is 11.2 Å². The van der Waals surface area contributed by atoms with Crippen LogP contribution in [0.4, 0.5) is 9.18 Å². The van der Waals surface area contributed by atoms with Gasteiger partial charge in [0.1, 0.15) is 5.82 Å². The summed E-state index contributed by atoms with van der Waals surface area (Å²) in [6, 6.07) is 12.1. The molecule has 1 aliphatic heterocycles. The maximum absolute atomic E-state index is 13.8. The van der Waals surface area contributed by atoms with E-state index in [9.17, 15) is 27.2 Å². The summed E-state index contributed by atoms with van der Waals surface area (Å²) < 4.78 is 36.6. The first kappa shape index (κ1) is 22.7. The molecule has 1 saturated heterocycles. The minimum Gasteiger partial charge on any atom is -0.350 e.